The molecule has 102 valence electrons. The molecule has 0 radical (unpaired) electrons. The molecular formula is C13H17F3O2. The Morgan fingerprint density at radius 2 is 1.39 bits per heavy atom. The number of halogens is 3. The molecule has 2 nitrogen and oxygen atoms in total. The quantitative estimate of drug-likeness (QED) is 0.461. The summed E-state index contributed by atoms with van der Waals surface area (Å²) in [4.78, 5) is 0. The average Bonchev–Trinajstić information content (AvgIpc) is 2.37. The lowest BCUT2D eigenvalue weighted by molar-refractivity contribution is 0.342. The third-order valence-corrected chi connectivity index (χ3v) is 2.90. The maximum atomic E-state index is 13.4. The number of phenols is 2. The molecule has 0 amide bonds. The minimum absolute atomic E-state index is 0.0755. The van der Waals surface area contributed by atoms with Gasteiger partial charge in [0.15, 0.2) is 23.1 Å². The zero-order chi connectivity index (χ0) is 13.7. The van der Waals surface area contributed by atoms with Crippen LogP contribution in [0.2, 0.25) is 0 Å². The minimum atomic E-state index is -1.75. The molecule has 0 unspecified atom stereocenters. The van der Waals surface area contributed by atoms with E-state index in [-0.39, 0.29) is 12.0 Å². The highest BCUT2D eigenvalue weighted by atomic mass is 19.2. The van der Waals surface area contributed by atoms with E-state index in [1.165, 1.54) is 0 Å². The predicted octanol–water partition coefficient (Wildman–Crippen LogP) is 4.03. The molecule has 0 saturated heterocycles. The summed E-state index contributed by atoms with van der Waals surface area (Å²) in [6.07, 6.45) is 4.52. The van der Waals surface area contributed by atoms with Crippen molar-refractivity contribution in [1.82, 2.24) is 0 Å². The molecule has 0 bridgehead atoms. The van der Waals surface area contributed by atoms with Crippen LogP contribution in [0.4, 0.5) is 13.2 Å². The van der Waals surface area contributed by atoms with Crippen LogP contribution in [0.5, 0.6) is 11.5 Å². The minimum Gasteiger partial charge on any atom is -0.504 e. The molecular weight excluding hydrogens is 245 g/mol. The largest absolute Gasteiger partial charge is 0.504 e. The van der Waals surface area contributed by atoms with Gasteiger partial charge in [-0.25, -0.2) is 8.78 Å². The number of hydrogen-bond acceptors (Lipinski definition) is 2. The maximum absolute atomic E-state index is 13.4. The van der Waals surface area contributed by atoms with Crippen molar-refractivity contribution in [3.05, 3.63) is 23.0 Å². The molecule has 1 aromatic carbocycles. The number of benzene rings is 1. The van der Waals surface area contributed by atoms with Crippen LogP contribution in [0.15, 0.2) is 0 Å². The van der Waals surface area contributed by atoms with Gasteiger partial charge in [-0.05, 0) is 12.8 Å². The van der Waals surface area contributed by atoms with Crippen molar-refractivity contribution in [2.45, 2.75) is 45.4 Å². The Bertz CT molecular complexity index is 390. The first-order chi connectivity index (χ1) is 8.50. The second kappa shape index (κ2) is 6.52. The van der Waals surface area contributed by atoms with Gasteiger partial charge in [-0.15, -0.1) is 0 Å². The van der Waals surface area contributed by atoms with Crippen LogP contribution in [0.25, 0.3) is 0 Å². The number of rotatable bonds is 6. The number of aromatic hydroxyl groups is 2. The Morgan fingerprint density at radius 3 is 2.00 bits per heavy atom. The van der Waals surface area contributed by atoms with E-state index in [0.717, 1.165) is 25.7 Å². The van der Waals surface area contributed by atoms with Gasteiger partial charge in [0.1, 0.15) is 0 Å². The lowest BCUT2D eigenvalue weighted by atomic mass is 10.0. The third kappa shape index (κ3) is 3.09. The lowest BCUT2D eigenvalue weighted by Gasteiger charge is -2.09. The van der Waals surface area contributed by atoms with Gasteiger partial charge in [0.05, 0.1) is 0 Å². The van der Waals surface area contributed by atoms with Gasteiger partial charge in [0.2, 0.25) is 5.82 Å². The van der Waals surface area contributed by atoms with E-state index in [4.69, 9.17) is 5.11 Å². The van der Waals surface area contributed by atoms with Crippen molar-refractivity contribution in [3.8, 4) is 11.5 Å². The van der Waals surface area contributed by atoms with E-state index in [2.05, 4.69) is 6.92 Å². The highest BCUT2D eigenvalue weighted by Crippen LogP contribution is 2.36. The Labute approximate surface area is 104 Å². The standard InChI is InChI=1S/C13H17F3O2/c1-2-3-4-5-6-7-8-9(14)10(15)11(16)13(18)12(8)17/h17-18H,2-7H2,1H3. The number of hydrogen-bond donors (Lipinski definition) is 2. The summed E-state index contributed by atoms with van der Waals surface area (Å²) in [5.74, 6) is -7.04. The first-order valence-electron chi connectivity index (χ1n) is 6.07. The molecule has 0 fully saturated rings. The maximum Gasteiger partial charge on any atom is 0.207 e. The molecule has 0 aliphatic heterocycles. The smallest absolute Gasteiger partial charge is 0.207 e. The summed E-state index contributed by atoms with van der Waals surface area (Å²) in [6.45, 7) is 2.05. The second-order valence-electron chi connectivity index (χ2n) is 4.28. The van der Waals surface area contributed by atoms with Crippen LogP contribution in [0.3, 0.4) is 0 Å². The summed E-state index contributed by atoms with van der Waals surface area (Å²) in [5, 5.41) is 18.5. The van der Waals surface area contributed by atoms with E-state index in [9.17, 15) is 18.3 Å². The summed E-state index contributed by atoms with van der Waals surface area (Å²) < 4.78 is 39.3. The number of unbranched alkanes of at least 4 members (excludes halogenated alkanes) is 4. The van der Waals surface area contributed by atoms with E-state index in [1.807, 2.05) is 0 Å². The van der Waals surface area contributed by atoms with Crippen molar-refractivity contribution in [2.24, 2.45) is 0 Å². The monoisotopic (exact) mass is 262 g/mol. The zero-order valence-electron chi connectivity index (χ0n) is 10.3. The summed E-state index contributed by atoms with van der Waals surface area (Å²) in [6, 6.07) is 0. The molecule has 1 rings (SSSR count). The molecule has 0 aromatic heterocycles. The van der Waals surface area contributed by atoms with E-state index in [1.54, 1.807) is 0 Å². The Hall–Kier alpha value is -1.39. The molecule has 2 N–H and O–H groups in total. The first kappa shape index (κ1) is 14.7. The molecule has 0 atom stereocenters. The molecule has 0 aliphatic rings. The molecule has 5 heteroatoms. The van der Waals surface area contributed by atoms with Crippen molar-refractivity contribution >= 4 is 0 Å². The molecule has 0 aliphatic carbocycles. The van der Waals surface area contributed by atoms with Crippen LogP contribution < -0.4 is 0 Å². The highest BCUT2D eigenvalue weighted by molar-refractivity contribution is 5.47. The van der Waals surface area contributed by atoms with E-state index in [0.29, 0.717) is 6.42 Å². The first-order valence-corrected chi connectivity index (χ1v) is 6.07. The Morgan fingerprint density at radius 1 is 0.778 bits per heavy atom. The van der Waals surface area contributed by atoms with Crippen LogP contribution in [0, 0.1) is 17.5 Å². The molecule has 18 heavy (non-hydrogen) atoms. The molecule has 0 heterocycles. The molecule has 0 spiro atoms. The zero-order valence-corrected chi connectivity index (χ0v) is 10.3. The SMILES string of the molecule is CCCCCCCc1c(O)c(O)c(F)c(F)c1F. The van der Waals surface area contributed by atoms with Gasteiger partial charge in [0, 0.05) is 5.56 Å². The van der Waals surface area contributed by atoms with Crippen molar-refractivity contribution < 1.29 is 23.4 Å². The molecule has 0 saturated carbocycles. The van der Waals surface area contributed by atoms with Crippen molar-refractivity contribution in [1.29, 1.82) is 0 Å². The lowest BCUT2D eigenvalue weighted by Crippen LogP contribution is -2.00. The summed E-state index contributed by atoms with van der Waals surface area (Å²) in [5.41, 5.74) is -0.358. The number of phenolic OH excluding ortho intramolecular Hbond substituents is 2. The van der Waals surface area contributed by atoms with Crippen molar-refractivity contribution in [3.63, 3.8) is 0 Å². The van der Waals surface area contributed by atoms with Crippen LogP contribution in [-0.2, 0) is 6.42 Å². The van der Waals surface area contributed by atoms with Crippen molar-refractivity contribution in [2.75, 3.05) is 0 Å². The fourth-order valence-electron chi connectivity index (χ4n) is 1.82. The van der Waals surface area contributed by atoms with E-state index < -0.39 is 29.0 Å². The van der Waals surface area contributed by atoms with Gasteiger partial charge < -0.3 is 10.2 Å². The third-order valence-electron chi connectivity index (χ3n) is 2.90. The summed E-state index contributed by atoms with van der Waals surface area (Å²) in [7, 11) is 0. The Kier molecular flexibility index (Phi) is 5.31. The average molecular weight is 262 g/mol. The van der Waals surface area contributed by atoms with E-state index >= 15 is 0 Å². The second-order valence-corrected chi connectivity index (χ2v) is 4.28. The fraction of sp³-hybridized carbons (Fsp3) is 0.538. The van der Waals surface area contributed by atoms with Crippen LogP contribution in [0.1, 0.15) is 44.6 Å². The van der Waals surface area contributed by atoms with Gasteiger partial charge in [-0.1, -0.05) is 32.6 Å². The summed E-state index contributed by atoms with van der Waals surface area (Å²) >= 11 is 0. The Balaban J connectivity index is 2.77. The molecule has 1 aromatic rings. The normalized spacial score (nSPS) is 10.9. The van der Waals surface area contributed by atoms with Gasteiger partial charge in [-0.2, -0.15) is 4.39 Å². The topological polar surface area (TPSA) is 40.5 Å². The van der Waals surface area contributed by atoms with Crippen LogP contribution in [-0.4, -0.2) is 10.2 Å². The fourth-order valence-corrected chi connectivity index (χ4v) is 1.82. The predicted molar refractivity (Wildman–Crippen MR) is 62.1 cm³/mol. The van der Waals surface area contributed by atoms with Gasteiger partial charge in [-0.3, -0.25) is 0 Å². The van der Waals surface area contributed by atoms with Gasteiger partial charge in [0.25, 0.3) is 0 Å². The van der Waals surface area contributed by atoms with Crippen LogP contribution >= 0.6 is 0 Å². The highest BCUT2D eigenvalue weighted by Gasteiger charge is 2.23. The van der Waals surface area contributed by atoms with Gasteiger partial charge >= 0.3 is 0 Å².